The fraction of sp³-hybridized carbons (Fsp3) is 0.455. The van der Waals surface area contributed by atoms with Crippen LogP contribution in [0.3, 0.4) is 0 Å². The van der Waals surface area contributed by atoms with E-state index in [-0.39, 0.29) is 0 Å². The van der Waals surface area contributed by atoms with Gasteiger partial charge >= 0.3 is 0 Å². The summed E-state index contributed by atoms with van der Waals surface area (Å²) in [6.45, 7) is 4.31. The second-order valence-corrected chi connectivity index (χ2v) is 4.55. The zero-order valence-electron chi connectivity index (χ0n) is 8.26. The molecule has 1 fully saturated rings. The van der Waals surface area contributed by atoms with Crippen molar-refractivity contribution in [1.82, 2.24) is 10.6 Å². The smallest absolute Gasteiger partial charge is 0.0484 e. The Balaban J connectivity index is 2.25. The second kappa shape index (κ2) is 4.43. The van der Waals surface area contributed by atoms with Crippen LogP contribution >= 0.6 is 15.9 Å². The Kier molecular flexibility index (Phi) is 3.21. The van der Waals surface area contributed by atoms with Crippen molar-refractivity contribution < 1.29 is 0 Å². The largest absolute Gasteiger partial charge is 0.311 e. The monoisotopic (exact) mass is 254 g/mol. The predicted molar refractivity (Wildman–Crippen MR) is 62.4 cm³/mol. The van der Waals surface area contributed by atoms with E-state index in [2.05, 4.69) is 57.8 Å². The molecular weight excluding hydrogens is 240 g/mol. The maximum Gasteiger partial charge on any atom is 0.0484 e. The number of hydrogen-bond donors (Lipinski definition) is 2. The summed E-state index contributed by atoms with van der Waals surface area (Å²) in [7, 11) is 0. The van der Waals surface area contributed by atoms with Crippen LogP contribution in [0.25, 0.3) is 0 Å². The predicted octanol–water partition coefficient (Wildman–Crippen LogP) is 2.07. The Morgan fingerprint density at radius 3 is 2.64 bits per heavy atom. The van der Waals surface area contributed by atoms with Gasteiger partial charge in [0.1, 0.15) is 0 Å². The zero-order valence-corrected chi connectivity index (χ0v) is 9.84. The number of nitrogens with one attached hydrogen (secondary N) is 2. The van der Waals surface area contributed by atoms with Crippen LogP contribution < -0.4 is 10.6 Å². The van der Waals surface area contributed by atoms with Gasteiger partial charge in [-0.15, -0.1) is 0 Å². The van der Waals surface area contributed by atoms with Gasteiger partial charge < -0.3 is 10.6 Å². The molecule has 0 bridgehead atoms. The molecule has 1 heterocycles. The molecule has 76 valence electrons. The van der Waals surface area contributed by atoms with Crippen molar-refractivity contribution in [2.75, 3.05) is 13.1 Å². The van der Waals surface area contributed by atoms with Crippen LogP contribution in [-0.2, 0) is 0 Å². The molecular formula is C11H15BrN2. The van der Waals surface area contributed by atoms with E-state index >= 15 is 0 Å². The Bertz CT molecular complexity index is 314. The highest BCUT2D eigenvalue weighted by Gasteiger charge is 2.22. The van der Waals surface area contributed by atoms with Crippen molar-refractivity contribution in [3.05, 3.63) is 34.3 Å². The molecule has 2 N–H and O–H groups in total. The minimum absolute atomic E-state index is 0.416. The van der Waals surface area contributed by atoms with Crippen molar-refractivity contribution in [2.45, 2.75) is 19.0 Å². The maximum absolute atomic E-state index is 3.59. The molecule has 0 amide bonds. The van der Waals surface area contributed by atoms with Gasteiger partial charge in [-0.2, -0.15) is 0 Å². The summed E-state index contributed by atoms with van der Waals surface area (Å²) < 4.78 is 1.19. The molecule has 1 aromatic carbocycles. The summed E-state index contributed by atoms with van der Waals surface area (Å²) in [5.74, 6) is 0. The highest BCUT2D eigenvalue weighted by Crippen LogP contribution is 2.26. The molecule has 1 saturated heterocycles. The van der Waals surface area contributed by atoms with Gasteiger partial charge in [0, 0.05) is 29.6 Å². The minimum atomic E-state index is 0.416. The molecule has 0 radical (unpaired) electrons. The summed E-state index contributed by atoms with van der Waals surface area (Å²) >= 11 is 3.59. The average molecular weight is 255 g/mol. The van der Waals surface area contributed by atoms with Crippen molar-refractivity contribution in [1.29, 1.82) is 0 Å². The summed E-state index contributed by atoms with van der Waals surface area (Å²) in [6.07, 6.45) is 0. The number of piperazine rings is 1. The lowest BCUT2D eigenvalue weighted by atomic mass is 9.99. The van der Waals surface area contributed by atoms with E-state index in [4.69, 9.17) is 0 Å². The summed E-state index contributed by atoms with van der Waals surface area (Å²) in [6, 6.07) is 9.31. The first kappa shape index (κ1) is 10.1. The molecule has 0 spiro atoms. The van der Waals surface area contributed by atoms with Gasteiger partial charge in [0.15, 0.2) is 0 Å². The van der Waals surface area contributed by atoms with Gasteiger partial charge in [-0.05, 0) is 18.6 Å². The third-order valence-electron chi connectivity index (χ3n) is 2.70. The van der Waals surface area contributed by atoms with Gasteiger partial charge in [0.05, 0.1) is 0 Å². The van der Waals surface area contributed by atoms with E-state index in [1.807, 2.05) is 0 Å². The van der Waals surface area contributed by atoms with Crippen molar-refractivity contribution in [3.63, 3.8) is 0 Å². The first-order valence-electron chi connectivity index (χ1n) is 5.00. The molecule has 2 nitrogen and oxygen atoms in total. The molecule has 0 aliphatic carbocycles. The van der Waals surface area contributed by atoms with E-state index in [0.29, 0.717) is 12.1 Å². The maximum atomic E-state index is 3.59. The molecule has 3 heteroatoms. The zero-order chi connectivity index (χ0) is 9.97. The quantitative estimate of drug-likeness (QED) is 0.802. The van der Waals surface area contributed by atoms with Crippen LogP contribution in [0.1, 0.15) is 18.5 Å². The van der Waals surface area contributed by atoms with Crippen molar-refractivity contribution in [3.8, 4) is 0 Å². The summed E-state index contributed by atoms with van der Waals surface area (Å²) in [5, 5.41) is 7.01. The second-order valence-electron chi connectivity index (χ2n) is 3.70. The number of rotatable bonds is 1. The molecule has 1 aromatic rings. The van der Waals surface area contributed by atoms with E-state index in [1.165, 1.54) is 10.0 Å². The van der Waals surface area contributed by atoms with Crippen LogP contribution in [-0.4, -0.2) is 19.1 Å². The standard InChI is InChI=1S/C11H15BrN2/c1-8-11(14-7-6-13-8)9-4-2-3-5-10(9)12/h2-5,8,11,13-14H,6-7H2,1H3. The average Bonchev–Trinajstić information content (AvgIpc) is 2.20. The molecule has 2 atom stereocenters. The normalized spacial score (nSPS) is 27.6. The Hall–Kier alpha value is -0.380. The lowest BCUT2D eigenvalue weighted by Gasteiger charge is -2.32. The van der Waals surface area contributed by atoms with Crippen LogP contribution in [0.15, 0.2) is 28.7 Å². The topological polar surface area (TPSA) is 24.1 Å². The van der Waals surface area contributed by atoms with Gasteiger partial charge in [0.2, 0.25) is 0 Å². The lowest BCUT2D eigenvalue weighted by Crippen LogP contribution is -2.49. The Labute approximate surface area is 93.2 Å². The van der Waals surface area contributed by atoms with Crippen LogP contribution in [0.5, 0.6) is 0 Å². The first-order valence-corrected chi connectivity index (χ1v) is 5.79. The third-order valence-corrected chi connectivity index (χ3v) is 3.42. The van der Waals surface area contributed by atoms with Crippen molar-refractivity contribution >= 4 is 15.9 Å². The third kappa shape index (κ3) is 2.00. The van der Waals surface area contributed by atoms with Gasteiger partial charge in [-0.25, -0.2) is 0 Å². The molecule has 14 heavy (non-hydrogen) atoms. The van der Waals surface area contributed by atoms with Crippen molar-refractivity contribution in [2.24, 2.45) is 0 Å². The molecule has 1 aliphatic rings. The van der Waals surface area contributed by atoms with Gasteiger partial charge in [0.25, 0.3) is 0 Å². The van der Waals surface area contributed by atoms with E-state index in [0.717, 1.165) is 13.1 Å². The fourth-order valence-corrected chi connectivity index (χ4v) is 2.46. The molecule has 0 aromatic heterocycles. The summed E-state index contributed by atoms with van der Waals surface area (Å²) in [4.78, 5) is 0. The highest BCUT2D eigenvalue weighted by atomic mass is 79.9. The molecule has 1 aliphatic heterocycles. The highest BCUT2D eigenvalue weighted by molar-refractivity contribution is 9.10. The lowest BCUT2D eigenvalue weighted by molar-refractivity contribution is 0.345. The molecule has 2 rings (SSSR count). The van der Waals surface area contributed by atoms with Gasteiger partial charge in [-0.3, -0.25) is 0 Å². The Morgan fingerprint density at radius 2 is 1.93 bits per heavy atom. The fourth-order valence-electron chi connectivity index (χ4n) is 1.93. The number of benzene rings is 1. The number of halogens is 1. The van der Waals surface area contributed by atoms with Crippen LogP contribution in [0.2, 0.25) is 0 Å². The molecule has 2 unspecified atom stereocenters. The van der Waals surface area contributed by atoms with Gasteiger partial charge in [-0.1, -0.05) is 34.1 Å². The van der Waals surface area contributed by atoms with E-state index in [1.54, 1.807) is 0 Å². The van der Waals surface area contributed by atoms with Crippen LogP contribution in [0.4, 0.5) is 0 Å². The summed E-state index contributed by atoms with van der Waals surface area (Å²) in [5.41, 5.74) is 1.34. The molecule has 0 saturated carbocycles. The Morgan fingerprint density at radius 1 is 1.21 bits per heavy atom. The SMILES string of the molecule is CC1NCCNC1c1ccccc1Br. The number of hydrogen-bond acceptors (Lipinski definition) is 2. The van der Waals surface area contributed by atoms with E-state index < -0.39 is 0 Å². The first-order chi connectivity index (χ1) is 6.79. The minimum Gasteiger partial charge on any atom is -0.311 e. The van der Waals surface area contributed by atoms with Crippen LogP contribution in [0, 0.1) is 0 Å². The van der Waals surface area contributed by atoms with E-state index in [9.17, 15) is 0 Å².